The number of ether oxygens (including phenoxy) is 3. The Morgan fingerprint density at radius 3 is 2.64 bits per heavy atom. The maximum Gasteiger partial charge on any atom is 0.264 e. The molecule has 0 saturated carbocycles. The van der Waals surface area contributed by atoms with Gasteiger partial charge in [0.2, 0.25) is 6.79 Å². The van der Waals surface area contributed by atoms with Gasteiger partial charge in [0.25, 0.3) is 5.91 Å². The zero-order chi connectivity index (χ0) is 25.3. The van der Waals surface area contributed by atoms with Gasteiger partial charge in [-0.1, -0.05) is 18.2 Å². The summed E-state index contributed by atoms with van der Waals surface area (Å²) in [6, 6.07) is 20.8. The van der Waals surface area contributed by atoms with E-state index >= 15 is 0 Å². The van der Waals surface area contributed by atoms with Crippen LogP contribution in [0, 0.1) is 17.1 Å². The molecule has 0 unspecified atom stereocenters. The summed E-state index contributed by atoms with van der Waals surface area (Å²) in [5.41, 5.74) is 2.13. The minimum atomic E-state index is -0.532. The molecule has 1 aliphatic rings. The van der Waals surface area contributed by atoms with Crippen molar-refractivity contribution in [2.24, 2.45) is 0 Å². The van der Waals surface area contributed by atoms with Crippen molar-refractivity contribution in [2.45, 2.75) is 19.2 Å². The van der Waals surface area contributed by atoms with Crippen LogP contribution in [0.5, 0.6) is 17.2 Å². The first-order valence-corrected chi connectivity index (χ1v) is 12.2. The summed E-state index contributed by atoms with van der Waals surface area (Å²) in [7, 11) is 0. The van der Waals surface area contributed by atoms with Gasteiger partial charge >= 0.3 is 0 Å². The molecular formula is C27H24FN3O4S. The van der Waals surface area contributed by atoms with Gasteiger partial charge in [-0.3, -0.25) is 4.79 Å². The van der Waals surface area contributed by atoms with Crippen molar-refractivity contribution in [3.05, 3.63) is 94.3 Å². The molecule has 3 aromatic carbocycles. The van der Waals surface area contributed by atoms with Crippen LogP contribution in [0.4, 0.5) is 10.1 Å². The predicted molar refractivity (Wildman–Crippen MR) is 136 cm³/mol. The van der Waals surface area contributed by atoms with Gasteiger partial charge in [0.05, 0.1) is 11.6 Å². The zero-order valence-corrected chi connectivity index (χ0v) is 20.4. The van der Waals surface area contributed by atoms with Gasteiger partial charge in [0.1, 0.15) is 23.2 Å². The molecule has 1 amide bonds. The number of nitrogens with one attached hydrogen (secondary N) is 2. The number of rotatable bonds is 10. The lowest BCUT2D eigenvalue weighted by molar-refractivity contribution is -0.117. The summed E-state index contributed by atoms with van der Waals surface area (Å²) >= 11 is 1.24. The number of fused-ring (bicyclic) bond motifs is 1. The van der Waals surface area contributed by atoms with Gasteiger partial charge < -0.3 is 24.8 Å². The van der Waals surface area contributed by atoms with Gasteiger partial charge in [-0.25, -0.2) is 4.39 Å². The molecule has 7 nitrogen and oxygen atoms in total. The predicted octanol–water partition coefficient (Wildman–Crippen LogP) is 5.35. The molecule has 0 fully saturated rings. The van der Waals surface area contributed by atoms with Crippen LogP contribution in [-0.2, 0) is 17.1 Å². The smallest absolute Gasteiger partial charge is 0.264 e. The van der Waals surface area contributed by atoms with Gasteiger partial charge in [-0.15, -0.1) is 11.8 Å². The normalized spacial score (nSPS) is 12.4. The third kappa shape index (κ3) is 6.49. The first kappa shape index (κ1) is 24.9. The number of nitriles is 1. The number of benzene rings is 3. The Kier molecular flexibility index (Phi) is 8.32. The van der Waals surface area contributed by atoms with Crippen LogP contribution in [0.2, 0.25) is 0 Å². The lowest BCUT2D eigenvalue weighted by Gasteiger charge is -2.14. The highest BCUT2D eigenvalue weighted by Crippen LogP contribution is 2.32. The molecule has 2 N–H and O–H groups in total. The summed E-state index contributed by atoms with van der Waals surface area (Å²) in [4.78, 5) is 13.0. The Hall–Kier alpha value is -4.16. The molecule has 0 bridgehead atoms. The van der Waals surface area contributed by atoms with E-state index in [2.05, 4.69) is 10.6 Å². The maximum absolute atomic E-state index is 13.7. The number of carbonyl (C=O) groups is 1. The second kappa shape index (κ2) is 12.0. The number of halogens is 1. The number of amides is 1. The van der Waals surface area contributed by atoms with Crippen molar-refractivity contribution < 1.29 is 23.4 Å². The van der Waals surface area contributed by atoms with E-state index in [9.17, 15) is 14.4 Å². The maximum atomic E-state index is 13.7. The van der Waals surface area contributed by atoms with Crippen molar-refractivity contribution in [3.63, 3.8) is 0 Å². The van der Waals surface area contributed by atoms with Crippen LogP contribution in [0.25, 0.3) is 0 Å². The second-order valence-corrected chi connectivity index (χ2v) is 8.67. The molecule has 0 atom stereocenters. The molecule has 0 saturated heterocycles. The highest BCUT2D eigenvalue weighted by Gasteiger charge is 2.18. The molecule has 0 aliphatic carbocycles. The highest BCUT2D eigenvalue weighted by atomic mass is 32.2. The number of carbonyl (C=O) groups excluding carboxylic acids is 1. The van der Waals surface area contributed by atoms with E-state index in [0.717, 1.165) is 11.1 Å². The molecule has 0 spiro atoms. The summed E-state index contributed by atoms with van der Waals surface area (Å²) in [5, 5.41) is 16.2. The first-order chi connectivity index (χ1) is 17.6. The number of anilines is 1. The van der Waals surface area contributed by atoms with Gasteiger partial charge in [-0.2, -0.15) is 5.26 Å². The topological polar surface area (TPSA) is 92.6 Å². The van der Waals surface area contributed by atoms with Crippen LogP contribution in [0.1, 0.15) is 18.1 Å². The number of nitrogens with zero attached hydrogens (tertiary/aromatic N) is 1. The fourth-order valence-corrected chi connectivity index (χ4v) is 4.37. The third-order valence-corrected chi connectivity index (χ3v) is 6.22. The van der Waals surface area contributed by atoms with Crippen LogP contribution in [0.3, 0.4) is 0 Å². The molecular weight excluding hydrogens is 481 g/mol. The van der Waals surface area contributed by atoms with Crippen molar-refractivity contribution in [3.8, 4) is 23.3 Å². The average Bonchev–Trinajstić information content (AvgIpc) is 3.36. The highest BCUT2D eigenvalue weighted by molar-refractivity contribution is 8.02. The Balaban J connectivity index is 1.53. The average molecular weight is 506 g/mol. The zero-order valence-electron chi connectivity index (χ0n) is 19.5. The number of hydrogen-bond donors (Lipinski definition) is 2. The van der Waals surface area contributed by atoms with Crippen LogP contribution < -0.4 is 24.8 Å². The molecule has 0 radical (unpaired) electrons. The molecule has 3 aromatic rings. The van der Waals surface area contributed by atoms with Crippen LogP contribution in [-0.4, -0.2) is 19.3 Å². The Bertz CT molecular complexity index is 1310. The second-order valence-electron chi connectivity index (χ2n) is 7.69. The molecule has 1 heterocycles. The third-order valence-electron chi connectivity index (χ3n) is 5.15. The van der Waals surface area contributed by atoms with Gasteiger partial charge in [0.15, 0.2) is 11.5 Å². The molecule has 9 heteroatoms. The van der Waals surface area contributed by atoms with Crippen molar-refractivity contribution in [1.29, 1.82) is 5.26 Å². The quantitative estimate of drug-likeness (QED) is 0.283. The van der Waals surface area contributed by atoms with Crippen LogP contribution >= 0.6 is 11.8 Å². The van der Waals surface area contributed by atoms with E-state index in [1.54, 1.807) is 48.5 Å². The van der Waals surface area contributed by atoms with E-state index in [-0.39, 0.29) is 24.7 Å². The van der Waals surface area contributed by atoms with E-state index < -0.39 is 5.91 Å². The largest absolute Gasteiger partial charge is 0.494 e. The molecule has 36 heavy (non-hydrogen) atoms. The Labute approximate surface area is 212 Å². The summed E-state index contributed by atoms with van der Waals surface area (Å²) < 4.78 is 29.8. The summed E-state index contributed by atoms with van der Waals surface area (Å²) in [6.07, 6.45) is 0. The lowest BCUT2D eigenvalue weighted by atomic mass is 10.2. The van der Waals surface area contributed by atoms with Crippen molar-refractivity contribution in [1.82, 2.24) is 5.32 Å². The molecule has 184 valence electrons. The van der Waals surface area contributed by atoms with Gasteiger partial charge in [0, 0.05) is 18.0 Å². The molecule has 4 rings (SSSR count). The molecule has 0 aromatic heterocycles. The number of hydrogen-bond acceptors (Lipinski definition) is 7. The Morgan fingerprint density at radius 2 is 1.89 bits per heavy atom. The van der Waals surface area contributed by atoms with Crippen LogP contribution in [0.15, 0.2) is 77.3 Å². The minimum absolute atomic E-state index is 0.0777. The van der Waals surface area contributed by atoms with Gasteiger partial charge in [-0.05, 0) is 66.6 Å². The SMILES string of the molecule is CCOc1ccc(N/C(SCc2cccc(F)c2)=C(/C#N)C(=O)NCc2ccc3c(c2)OCO3)cc1. The monoisotopic (exact) mass is 505 g/mol. The number of thioether (sulfide) groups is 1. The Morgan fingerprint density at radius 1 is 1.08 bits per heavy atom. The van der Waals surface area contributed by atoms with E-state index in [4.69, 9.17) is 14.2 Å². The fraction of sp³-hybridized carbons (Fsp3) is 0.185. The van der Waals surface area contributed by atoms with E-state index in [1.807, 2.05) is 19.1 Å². The fourth-order valence-electron chi connectivity index (χ4n) is 3.41. The van der Waals surface area contributed by atoms with E-state index in [0.29, 0.717) is 40.3 Å². The standard InChI is InChI=1S/C27H24FN3O4S/c1-2-33-22-9-7-21(8-10-22)31-27(36-16-19-4-3-5-20(28)12-19)23(14-29)26(32)30-15-18-6-11-24-25(13-18)35-17-34-24/h3-13,31H,2,15-17H2,1H3,(H,30,32)/b27-23+. The summed E-state index contributed by atoms with van der Waals surface area (Å²) in [6.45, 7) is 2.81. The van der Waals surface area contributed by atoms with Crippen molar-refractivity contribution >= 4 is 23.4 Å². The molecule has 1 aliphatic heterocycles. The van der Waals surface area contributed by atoms with E-state index in [1.165, 1.54) is 23.9 Å². The first-order valence-electron chi connectivity index (χ1n) is 11.2. The van der Waals surface area contributed by atoms with Crippen molar-refractivity contribution in [2.75, 3.05) is 18.7 Å². The minimum Gasteiger partial charge on any atom is -0.494 e. The summed E-state index contributed by atoms with van der Waals surface area (Å²) in [5.74, 6) is 1.45. The lowest BCUT2D eigenvalue weighted by Crippen LogP contribution is -2.25.